The molecule has 0 spiro atoms. The van der Waals surface area contributed by atoms with Crippen molar-refractivity contribution in [1.82, 2.24) is 14.3 Å². The third kappa shape index (κ3) is 3.71. The van der Waals surface area contributed by atoms with Gasteiger partial charge in [0, 0.05) is 29.4 Å². The second-order valence-corrected chi connectivity index (χ2v) is 7.04. The van der Waals surface area contributed by atoms with E-state index in [1.165, 1.54) is 12.1 Å². The van der Waals surface area contributed by atoms with Gasteiger partial charge in [-0.1, -0.05) is 18.2 Å². The van der Waals surface area contributed by atoms with Crippen molar-refractivity contribution in [3.05, 3.63) is 63.3 Å². The van der Waals surface area contributed by atoms with Crippen LogP contribution in [-0.4, -0.2) is 44.9 Å². The van der Waals surface area contributed by atoms with Crippen LogP contribution in [0.2, 0.25) is 0 Å². The summed E-state index contributed by atoms with van der Waals surface area (Å²) in [6, 6.07) is 8.17. The van der Waals surface area contributed by atoms with Crippen LogP contribution in [0.4, 0.5) is 0 Å². The number of rotatable bonds is 7. The average molecular weight is 397 g/mol. The number of carbonyl (C=O) groups excluding carboxylic acids is 1. The number of methoxy groups -OCH3 is 1. The van der Waals surface area contributed by atoms with Crippen LogP contribution in [0, 0.1) is 13.8 Å². The molecule has 0 fully saturated rings. The van der Waals surface area contributed by atoms with Gasteiger partial charge in [-0.15, -0.1) is 0 Å². The lowest BCUT2D eigenvalue weighted by atomic mass is 10.1. The minimum Gasteiger partial charge on any atom is -0.476 e. The summed E-state index contributed by atoms with van der Waals surface area (Å²) in [5.74, 6) is -1.57. The Morgan fingerprint density at radius 1 is 1.21 bits per heavy atom. The number of aryl methyl sites for hydroxylation is 1. The number of carboxylic acid groups (broad SMARTS) is 1. The molecule has 8 nitrogen and oxygen atoms in total. The number of carboxylic acids is 1. The van der Waals surface area contributed by atoms with Crippen molar-refractivity contribution in [3.8, 4) is 0 Å². The number of hydrogen-bond acceptors (Lipinski definition) is 5. The summed E-state index contributed by atoms with van der Waals surface area (Å²) < 4.78 is 8.15. The van der Waals surface area contributed by atoms with E-state index >= 15 is 0 Å². The summed E-state index contributed by atoms with van der Waals surface area (Å²) in [6.07, 6.45) is 0. The normalized spacial score (nSPS) is 12.3. The van der Waals surface area contributed by atoms with Gasteiger partial charge in [-0.3, -0.25) is 9.59 Å². The van der Waals surface area contributed by atoms with Gasteiger partial charge in [-0.25, -0.2) is 9.48 Å². The zero-order valence-electron chi connectivity index (χ0n) is 16.8. The van der Waals surface area contributed by atoms with E-state index in [9.17, 15) is 19.5 Å². The summed E-state index contributed by atoms with van der Waals surface area (Å²) in [4.78, 5) is 37.3. The lowest BCUT2D eigenvalue weighted by Gasteiger charge is -2.17. The molecule has 0 aliphatic rings. The van der Waals surface area contributed by atoms with Crippen molar-refractivity contribution >= 4 is 22.5 Å². The molecule has 0 unspecified atom stereocenters. The molecule has 8 heteroatoms. The number of aromatic carboxylic acids is 1. The summed E-state index contributed by atoms with van der Waals surface area (Å²) in [7, 11) is 1.62. The number of ether oxygens (including phenoxy) is 1. The van der Waals surface area contributed by atoms with Gasteiger partial charge in [0.1, 0.15) is 6.54 Å². The number of aromatic nitrogens is 3. The minimum atomic E-state index is -1.26. The van der Waals surface area contributed by atoms with Crippen molar-refractivity contribution in [2.24, 2.45) is 0 Å². The van der Waals surface area contributed by atoms with E-state index in [1.54, 1.807) is 25.3 Å². The first kappa shape index (κ1) is 20.5. The van der Waals surface area contributed by atoms with Gasteiger partial charge in [0.15, 0.2) is 11.5 Å². The fraction of sp³-hybridized carbons (Fsp3) is 0.333. The molecule has 152 valence electrons. The molecule has 0 bridgehead atoms. The molecular weight excluding hydrogens is 374 g/mol. The summed E-state index contributed by atoms with van der Waals surface area (Å²) in [5, 5.41) is 13.9. The van der Waals surface area contributed by atoms with Crippen LogP contribution in [0.5, 0.6) is 0 Å². The van der Waals surface area contributed by atoms with Crippen LogP contribution >= 0.6 is 0 Å². The molecule has 0 aliphatic carbocycles. The second kappa shape index (κ2) is 8.00. The van der Waals surface area contributed by atoms with E-state index in [2.05, 4.69) is 5.10 Å². The molecule has 0 saturated carbocycles. The molecular formula is C21H23N3O5. The number of Topliss-reactive ketones (excluding diaryl/α,β-unsaturated/α-hetero) is 1. The van der Waals surface area contributed by atoms with Crippen molar-refractivity contribution in [2.45, 2.75) is 33.4 Å². The first-order valence-electron chi connectivity index (χ1n) is 9.20. The Labute approximate surface area is 167 Å². The standard InChI is InChI=1S/C21H23N3O5/c1-12-9-17(14(3)24(12)13(2)11-29-4)18(25)10-23-20(26)16-8-6-5-7-15(16)19(22-23)21(27)28/h5-9,13H,10-11H2,1-4H3,(H,27,28)/t13-/m1/s1. The Bertz CT molecular complexity index is 1160. The van der Waals surface area contributed by atoms with Crippen LogP contribution in [0.25, 0.3) is 10.8 Å². The second-order valence-electron chi connectivity index (χ2n) is 7.04. The van der Waals surface area contributed by atoms with Crippen molar-refractivity contribution < 1.29 is 19.4 Å². The highest BCUT2D eigenvalue weighted by molar-refractivity contribution is 6.01. The Morgan fingerprint density at radius 3 is 2.48 bits per heavy atom. The smallest absolute Gasteiger partial charge is 0.357 e. The maximum Gasteiger partial charge on any atom is 0.357 e. The zero-order valence-corrected chi connectivity index (χ0v) is 16.8. The summed E-state index contributed by atoms with van der Waals surface area (Å²) in [5.41, 5.74) is 1.39. The number of hydrogen-bond donors (Lipinski definition) is 1. The quantitative estimate of drug-likeness (QED) is 0.615. The van der Waals surface area contributed by atoms with E-state index < -0.39 is 11.5 Å². The zero-order chi connectivity index (χ0) is 21.3. The lowest BCUT2D eigenvalue weighted by Crippen LogP contribution is -2.29. The molecule has 1 atom stereocenters. The van der Waals surface area contributed by atoms with Crippen LogP contribution in [0.15, 0.2) is 35.1 Å². The first-order valence-corrected chi connectivity index (χ1v) is 9.20. The molecule has 3 aromatic rings. The SMILES string of the molecule is COC[C@@H](C)n1c(C)cc(C(=O)Cn2nc(C(=O)O)c3ccccc3c2=O)c1C. The minimum absolute atomic E-state index is 0.0432. The Balaban J connectivity index is 2.03. The van der Waals surface area contributed by atoms with E-state index in [0.29, 0.717) is 12.2 Å². The molecule has 2 heterocycles. The van der Waals surface area contributed by atoms with Gasteiger partial charge in [0.2, 0.25) is 0 Å². The predicted molar refractivity (Wildman–Crippen MR) is 108 cm³/mol. The fourth-order valence-corrected chi connectivity index (χ4v) is 3.77. The maximum atomic E-state index is 13.0. The highest BCUT2D eigenvalue weighted by Crippen LogP contribution is 2.21. The van der Waals surface area contributed by atoms with Gasteiger partial charge in [0.25, 0.3) is 5.56 Å². The van der Waals surface area contributed by atoms with Gasteiger partial charge in [-0.05, 0) is 32.9 Å². The third-order valence-corrected chi connectivity index (χ3v) is 5.00. The molecule has 0 radical (unpaired) electrons. The van der Waals surface area contributed by atoms with Gasteiger partial charge in [-0.2, -0.15) is 5.10 Å². The van der Waals surface area contributed by atoms with Crippen molar-refractivity contribution in [1.29, 1.82) is 0 Å². The van der Waals surface area contributed by atoms with Crippen LogP contribution in [0.3, 0.4) is 0 Å². The third-order valence-electron chi connectivity index (χ3n) is 5.00. The Hall–Kier alpha value is -3.26. The number of ketones is 1. The number of nitrogens with zero attached hydrogens (tertiary/aromatic N) is 3. The molecule has 1 N–H and O–H groups in total. The summed E-state index contributed by atoms with van der Waals surface area (Å²) in [6.45, 7) is 5.89. The highest BCUT2D eigenvalue weighted by Gasteiger charge is 2.21. The van der Waals surface area contributed by atoms with Gasteiger partial charge in [0.05, 0.1) is 18.0 Å². The Morgan fingerprint density at radius 2 is 1.86 bits per heavy atom. The van der Waals surface area contributed by atoms with E-state index in [0.717, 1.165) is 16.1 Å². The van der Waals surface area contributed by atoms with Crippen molar-refractivity contribution in [2.75, 3.05) is 13.7 Å². The van der Waals surface area contributed by atoms with Crippen LogP contribution in [0.1, 0.15) is 45.2 Å². The van der Waals surface area contributed by atoms with E-state index in [4.69, 9.17) is 4.74 Å². The monoisotopic (exact) mass is 397 g/mol. The van der Waals surface area contributed by atoms with Crippen molar-refractivity contribution in [3.63, 3.8) is 0 Å². The first-order chi connectivity index (χ1) is 13.8. The fourth-order valence-electron chi connectivity index (χ4n) is 3.77. The van der Waals surface area contributed by atoms with Crippen LogP contribution < -0.4 is 5.56 Å². The molecule has 0 aliphatic heterocycles. The molecule has 29 heavy (non-hydrogen) atoms. The lowest BCUT2D eigenvalue weighted by molar-refractivity contribution is 0.0688. The largest absolute Gasteiger partial charge is 0.476 e. The van der Waals surface area contributed by atoms with Crippen LogP contribution in [-0.2, 0) is 11.3 Å². The molecule has 3 rings (SSSR count). The molecule has 0 amide bonds. The van der Waals surface area contributed by atoms with E-state index in [-0.39, 0.29) is 34.8 Å². The van der Waals surface area contributed by atoms with E-state index in [1.807, 2.05) is 25.3 Å². The number of fused-ring (bicyclic) bond motifs is 1. The molecule has 2 aromatic heterocycles. The number of carbonyl (C=O) groups is 2. The van der Waals surface area contributed by atoms with Gasteiger partial charge >= 0.3 is 5.97 Å². The number of benzene rings is 1. The molecule has 1 aromatic carbocycles. The average Bonchev–Trinajstić information content (AvgIpc) is 2.98. The highest BCUT2D eigenvalue weighted by atomic mass is 16.5. The Kier molecular flexibility index (Phi) is 5.65. The maximum absolute atomic E-state index is 13.0. The molecule has 0 saturated heterocycles. The summed E-state index contributed by atoms with van der Waals surface area (Å²) >= 11 is 0. The van der Waals surface area contributed by atoms with Gasteiger partial charge < -0.3 is 14.4 Å². The predicted octanol–water partition coefficient (Wildman–Crippen LogP) is 2.60. The topological polar surface area (TPSA) is 103 Å².